The predicted octanol–water partition coefficient (Wildman–Crippen LogP) is 12.5. The molecule has 0 aliphatic carbocycles. The second-order valence-electron chi connectivity index (χ2n) is 12.5. The minimum Gasteiger partial charge on any atom is -0.309 e. The van der Waals surface area contributed by atoms with Crippen molar-refractivity contribution < 1.29 is 0 Å². The molecule has 0 aliphatic rings. The normalized spacial score (nSPS) is 12.1. The van der Waals surface area contributed by atoms with Gasteiger partial charge >= 0.3 is 0 Å². The van der Waals surface area contributed by atoms with Gasteiger partial charge in [-0.2, -0.15) is 0 Å². The SMILES string of the molecule is c1ccc(-c2ccc(C(c3ccccc3)c3ccc(-c4c5ccccc5cc5c4c4ccccc4n5-c4ccccc4)cc3)cc2)cc1. The Bertz CT molecular complexity index is 2510. The Balaban J connectivity index is 1.22. The third-order valence-electron chi connectivity index (χ3n) is 9.71. The van der Waals surface area contributed by atoms with E-state index in [2.05, 4.69) is 199 Å². The largest absolute Gasteiger partial charge is 0.309 e. The van der Waals surface area contributed by atoms with Crippen LogP contribution in [0.25, 0.3) is 60.5 Å². The molecule has 9 aromatic rings. The van der Waals surface area contributed by atoms with E-state index in [-0.39, 0.29) is 5.92 Å². The van der Waals surface area contributed by atoms with Crippen molar-refractivity contribution >= 4 is 32.6 Å². The van der Waals surface area contributed by atoms with Crippen LogP contribution in [-0.2, 0) is 0 Å². The molecular formula is C47H33N. The molecule has 0 saturated heterocycles. The monoisotopic (exact) mass is 611 g/mol. The van der Waals surface area contributed by atoms with E-state index < -0.39 is 0 Å². The van der Waals surface area contributed by atoms with E-state index in [1.54, 1.807) is 0 Å². The highest BCUT2D eigenvalue weighted by Crippen LogP contribution is 2.43. The molecule has 0 saturated carbocycles. The van der Waals surface area contributed by atoms with Gasteiger partial charge in [-0.15, -0.1) is 0 Å². The van der Waals surface area contributed by atoms with Gasteiger partial charge in [0.1, 0.15) is 0 Å². The molecule has 1 heterocycles. The molecular weight excluding hydrogens is 579 g/mol. The highest BCUT2D eigenvalue weighted by Gasteiger charge is 2.21. The summed E-state index contributed by atoms with van der Waals surface area (Å²) in [7, 11) is 0. The molecule has 0 spiro atoms. The van der Waals surface area contributed by atoms with Gasteiger partial charge < -0.3 is 4.57 Å². The van der Waals surface area contributed by atoms with E-state index in [0.717, 1.165) is 0 Å². The van der Waals surface area contributed by atoms with Crippen LogP contribution in [0.15, 0.2) is 194 Å². The maximum Gasteiger partial charge on any atom is 0.0553 e. The average Bonchev–Trinajstić information content (AvgIpc) is 3.49. The molecule has 226 valence electrons. The minimum atomic E-state index is 0.123. The molecule has 0 aliphatic heterocycles. The molecule has 0 N–H and O–H groups in total. The molecule has 1 atom stereocenters. The molecule has 8 aromatic carbocycles. The van der Waals surface area contributed by atoms with Crippen molar-refractivity contribution in [3.8, 4) is 27.9 Å². The van der Waals surface area contributed by atoms with Gasteiger partial charge in [0, 0.05) is 22.4 Å². The molecule has 1 aromatic heterocycles. The second kappa shape index (κ2) is 11.9. The highest BCUT2D eigenvalue weighted by molar-refractivity contribution is 6.22. The number of nitrogens with zero attached hydrogens (tertiary/aromatic N) is 1. The maximum atomic E-state index is 2.42. The summed E-state index contributed by atoms with van der Waals surface area (Å²) in [5.41, 5.74) is 12.4. The number of benzene rings is 8. The van der Waals surface area contributed by atoms with Crippen LogP contribution in [0, 0.1) is 0 Å². The first-order chi connectivity index (χ1) is 23.8. The van der Waals surface area contributed by atoms with Crippen molar-refractivity contribution in [2.45, 2.75) is 5.92 Å². The molecule has 0 amide bonds. The third kappa shape index (κ3) is 4.80. The number of rotatable bonds is 6. The van der Waals surface area contributed by atoms with Crippen molar-refractivity contribution in [3.63, 3.8) is 0 Å². The van der Waals surface area contributed by atoms with E-state index in [0.29, 0.717) is 0 Å². The average molecular weight is 612 g/mol. The highest BCUT2D eigenvalue weighted by atomic mass is 15.0. The van der Waals surface area contributed by atoms with Gasteiger partial charge in [-0.25, -0.2) is 0 Å². The van der Waals surface area contributed by atoms with Crippen LogP contribution in [0.3, 0.4) is 0 Å². The van der Waals surface area contributed by atoms with Crippen molar-refractivity contribution in [2.24, 2.45) is 0 Å². The molecule has 1 nitrogen and oxygen atoms in total. The third-order valence-corrected chi connectivity index (χ3v) is 9.71. The van der Waals surface area contributed by atoms with Crippen molar-refractivity contribution in [3.05, 3.63) is 211 Å². The van der Waals surface area contributed by atoms with E-state index in [1.165, 1.54) is 77.2 Å². The Morgan fingerprint density at radius 1 is 0.354 bits per heavy atom. The molecule has 1 heteroatoms. The summed E-state index contributed by atoms with van der Waals surface area (Å²) in [5.74, 6) is 0.123. The van der Waals surface area contributed by atoms with Crippen LogP contribution in [-0.4, -0.2) is 4.57 Å². The number of aromatic nitrogens is 1. The predicted molar refractivity (Wildman–Crippen MR) is 203 cm³/mol. The summed E-state index contributed by atoms with van der Waals surface area (Å²) in [6.07, 6.45) is 0. The van der Waals surface area contributed by atoms with Crippen molar-refractivity contribution in [1.82, 2.24) is 4.57 Å². The van der Waals surface area contributed by atoms with E-state index >= 15 is 0 Å². The first-order valence-corrected chi connectivity index (χ1v) is 16.6. The zero-order valence-electron chi connectivity index (χ0n) is 26.5. The Morgan fingerprint density at radius 2 is 0.854 bits per heavy atom. The van der Waals surface area contributed by atoms with Crippen LogP contribution in [0.2, 0.25) is 0 Å². The van der Waals surface area contributed by atoms with Gasteiger partial charge in [0.05, 0.1) is 11.0 Å². The Hall–Kier alpha value is -6.18. The lowest BCUT2D eigenvalue weighted by atomic mass is 9.83. The van der Waals surface area contributed by atoms with Crippen molar-refractivity contribution in [1.29, 1.82) is 0 Å². The summed E-state index contributed by atoms with van der Waals surface area (Å²) >= 11 is 0. The maximum absolute atomic E-state index is 2.42. The number of para-hydroxylation sites is 2. The Morgan fingerprint density at radius 3 is 1.54 bits per heavy atom. The second-order valence-corrected chi connectivity index (χ2v) is 12.5. The molecule has 48 heavy (non-hydrogen) atoms. The van der Waals surface area contributed by atoms with Crippen LogP contribution in [0.4, 0.5) is 0 Å². The van der Waals surface area contributed by atoms with Gasteiger partial charge in [-0.3, -0.25) is 0 Å². The fraction of sp³-hybridized carbons (Fsp3) is 0.0213. The lowest BCUT2D eigenvalue weighted by molar-refractivity contribution is 0.978. The standard InChI is InChI=1S/C47H33N/c1-4-14-33(15-5-1)34-24-26-36(27-25-34)45(35-16-6-2-7-17-35)37-28-30-38(31-29-37)46-41-21-11-10-18-39(41)32-44-47(46)42-22-12-13-23-43(42)48(44)40-19-8-3-9-20-40/h1-32,45H. The number of hydrogen-bond acceptors (Lipinski definition) is 0. The summed E-state index contributed by atoms with van der Waals surface area (Å²) in [5, 5.41) is 5.06. The quantitative estimate of drug-likeness (QED) is 0.165. The van der Waals surface area contributed by atoms with Gasteiger partial charge in [0.25, 0.3) is 0 Å². The molecule has 0 radical (unpaired) electrons. The van der Waals surface area contributed by atoms with Crippen LogP contribution >= 0.6 is 0 Å². The van der Waals surface area contributed by atoms with Crippen LogP contribution in [0.5, 0.6) is 0 Å². The summed E-state index contributed by atoms with van der Waals surface area (Å²) < 4.78 is 2.42. The first kappa shape index (κ1) is 28.1. The number of fused-ring (bicyclic) bond motifs is 4. The van der Waals surface area contributed by atoms with Gasteiger partial charge in [0.15, 0.2) is 0 Å². The Labute approximate surface area is 281 Å². The number of hydrogen-bond donors (Lipinski definition) is 0. The first-order valence-electron chi connectivity index (χ1n) is 16.6. The van der Waals surface area contributed by atoms with Crippen molar-refractivity contribution in [2.75, 3.05) is 0 Å². The van der Waals surface area contributed by atoms with E-state index in [9.17, 15) is 0 Å². The Kier molecular flexibility index (Phi) is 6.95. The molecule has 1 unspecified atom stereocenters. The summed E-state index contributed by atoms with van der Waals surface area (Å²) in [6, 6.07) is 70.6. The smallest absolute Gasteiger partial charge is 0.0553 e. The molecule has 9 rings (SSSR count). The van der Waals surface area contributed by atoms with Gasteiger partial charge in [-0.1, -0.05) is 170 Å². The minimum absolute atomic E-state index is 0.123. The van der Waals surface area contributed by atoms with Crippen LogP contribution in [0.1, 0.15) is 22.6 Å². The zero-order chi connectivity index (χ0) is 31.9. The summed E-state index contributed by atoms with van der Waals surface area (Å²) in [4.78, 5) is 0. The zero-order valence-corrected chi connectivity index (χ0v) is 26.5. The van der Waals surface area contributed by atoms with Gasteiger partial charge in [-0.05, 0) is 74.0 Å². The fourth-order valence-electron chi connectivity index (χ4n) is 7.51. The topological polar surface area (TPSA) is 4.93 Å². The van der Waals surface area contributed by atoms with Crippen LogP contribution < -0.4 is 0 Å². The fourth-order valence-corrected chi connectivity index (χ4v) is 7.51. The summed E-state index contributed by atoms with van der Waals surface area (Å²) in [6.45, 7) is 0. The van der Waals surface area contributed by atoms with E-state index in [4.69, 9.17) is 0 Å². The molecule has 0 fully saturated rings. The lowest BCUT2D eigenvalue weighted by Crippen LogP contribution is -2.03. The molecule has 0 bridgehead atoms. The van der Waals surface area contributed by atoms with Gasteiger partial charge in [0.2, 0.25) is 0 Å². The lowest BCUT2D eigenvalue weighted by Gasteiger charge is -2.20. The van der Waals surface area contributed by atoms with E-state index in [1.807, 2.05) is 0 Å².